The second-order valence-electron chi connectivity index (χ2n) is 12.5. The lowest BCUT2D eigenvalue weighted by atomic mass is 9.82. The molecule has 2 aliphatic carbocycles. The molecule has 12 nitrogen and oxygen atoms in total. The first kappa shape index (κ1) is 29.6. The Hall–Kier alpha value is -2.96. The predicted molar refractivity (Wildman–Crippen MR) is 137 cm³/mol. The number of hydrogen-bond acceptors (Lipinski definition) is 7. The average Bonchev–Trinajstić information content (AvgIpc) is 3.66. The third-order valence-electron chi connectivity index (χ3n) is 7.22. The van der Waals surface area contributed by atoms with E-state index in [2.05, 4.69) is 16.6 Å². The normalized spacial score (nSPS) is 26.4. The Kier molecular flexibility index (Phi) is 7.52. The fourth-order valence-corrected chi connectivity index (χ4v) is 6.35. The molecule has 212 valence electrons. The van der Waals surface area contributed by atoms with E-state index < -0.39 is 79.4 Å². The number of carbonyl (C=O) groups is 5. The number of sulfonamides is 1. The van der Waals surface area contributed by atoms with Crippen molar-refractivity contribution in [1.29, 1.82) is 0 Å². The molecule has 38 heavy (non-hydrogen) atoms. The molecule has 1 heterocycles. The minimum Gasteiger partial charge on any atom is -0.465 e. The zero-order valence-electron chi connectivity index (χ0n) is 22.7. The summed E-state index contributed by atoms with van der Waals surface area (Å²) in [4.78, 5) is 67.1. The van der Waals surface area contributed by atoms with Crippen molar-refractivity contribution in [2.45, 2.75) is 95.6 Å². The summed E-state index contributed by atoms with van der Waals surface area (Å²) in [5.74, 6) is -3.31. The predicted octanol–water partition coefficient (Wildman–Crippen LogP) is 1.02. The summed E-state index contributed by atoms with van der Waals surface area (Å²) in [6, 6.07) is -2.50. The Morgan fingerprint density at radius 1 is 1.16 bits per heavy atom. The number of nitrogens with zero attached hydrogens (tertiary/aromatic N) is 2. The standard InChI is InChI=1S/C25H38N4O8S/c1-8-14-12-25(14,21(33)27-38(36,37)16-9-10-16)26-19(31)17-11-15(30)13-28(17)20(32)18(23(2,3)4)29(22(34)35)24(5,6)7/h8,14,16-18H,1,9-13H2,2-7H3,(H,26,31)(H,27,33)(H,34,35)/t14-,17+,18-,25-/m1/s1. The molecule has 0 radical (unpaired) electrons. The highest BCUT2D eigenvalue weighted by atomic mass is 32.2. The molecule has 1 aliphatic heterocycles. The topological polar surface area (TPSA) is 170 Å². The number of carboxylic acid groups (broad SMARTS) is 1. The fourth-order valence-electron chi connectivity index (χ4n) is 4.99. The molecule has 4 atom stereocenters. The lowest BCUT2D eigenvalue weighted by molar-refractivity contribution is -0.148. The van der Waals surface area contributed by atoms with E-state index in [1.54, 1.807) is 41.5 Å². The Balaban J connectivity index is 1.89. The van der Waals surface area contributed by atoms with Crippen molar-refractivity contribution in [3.05, 3.63) is 12.7 Å². The molecule has 0 spiro atoms. The Morgan fingerprint density at radius 3 is 2.16 bits per heavy atom. The van der Waals surface area contributed by atoms with Gasteiger partial charge in [-0.1, -0.05) is 26.8 Å². The van der Waals surface area contributed by atoms with Gasteiger partial charge < -0.3 is 15.3 Å². The zero-order chi connectivity index (χ0) is 29.0. The van der Waals surface area contributed by atoms with Crippen LogP contribution in [0.5, 0.6) is 0 Å². The van der Waals surface area contributed by atoms with Crippen LogP contribution in [0.25, 0.3) is 0 Å². The van der Waals surface area contributed by atoms with Crippen LogP contribution in [-0.4, -0.2) is 87.9 Å². The highest BCUT2D eigenvalue weighted by molar-refractivity contribution is 7.91. The Labute approximate surface area is 223 Å². The van der Waals surface area contributed by atoms with Crippen LogP contribution in [0.2, 0.25) is 0 Å². The van der Waals surface area contributed by atoms with Gasteiger partial charge in [-0.15, -0.1) is 6.58 Å². The molecule has 4 amide bonds. The molecule has 3 aliphatic rings. The van der Waals surface area contributed by atoms with Crippen LogP contribution in [0.1, 0.15) is 67.2 Å². The summed E-state index contributed by atoms with van der Waals surface area (Å²) in [5, 5.41) is 11.9. The molecule has 0 aromatic rings. The lowest BCUT2D eigenvalue weighted by Gasteiger charge is -2.46. The third-order valence-corrected chi connectivity index (χ3v) is 9.04. The van der Waals surface area contributed by atoms with E-state index in [0.29, 0.717) is 12.8 Å². The van der Waals surface area contributed by atoms with Gasteiger partial charge in [0, 0.05) is 17.9 Å². The van der Waals surface area contributed by atoms with Gasteiger partial charge in [0.05, 0.1) is 11.8 Å². The Bertz CT molecular complexity index is 1160. The van der Waals surface area contributed by atoms with Crippen LogP contribution >= 0.6 is 0 Å². The highest BCUT2D eigenvalue weighted by Gasteiger charge is 2.62. The van der Waals surface area contributed by atoms with Gasteiger partial charge in [-0.25, -0.2) is 13.2 Å². The van der Waals surface area contributed by atoms with Gasteiger partial charge in [-0.05, 0) is 45.4 Å². The summed E-state index contributed by atoms with van der Waals surface area (Å²) in [7, 11) is -3.87. The monoisotopic (exact) mass is 554 g/mol. The number of ketones is 1. The third kappa shape index (κ3) is 5.71. The molecule has 3 N–H and O–H groups in total. The summed E-state index contributed by atoms with van der Waals surface area (Å²) in [6.45, 7) is 13.3. The van der Waals surface area contributed by atoms with Gasteiger partial charge in [0.25, 0.3) is 5.91 Å². The summed E-state index contributed by atoms with van der Waals surface area (Å²) in [5.41, 5.74) is -3.43. The van der Waals surface area contributed by atoms with Crippen molar-refractivity contribution in [3.8, 4) is 0 Å². The summed E-state index contributed by atoms with van der Waals surface area (Å²) < 4.78 is 26.8. The van der Waals surface area contributed by atoms with E-state index in [4.69, 9.17) is 0 Å². The van der Waals surface area contributed by atoms with Gasteiger partial charge in [-0.3, -0.25) is 28.8 Å². The molecule has 1 saturated heterocycles. The molecule has 0 unspecified atom stereocenters. The van der Waals surface area contributed by atoms with E-state index in [-0.39, 0.29) is 19.4 Å². The van der Waals surface area contributed by atoms with Crippen LogP contribution in [-0.2, 0) is 29.2 Å². The molecule has 2 saturated carbocycles. The van der Waals surface area contributed by atoms with Crippen LogP contribution in [0, 0.1) is 11.3 Å². The zero-order valence-corrected chi connectivity index (χ0v) is 23.6. The SMILES string of the molecule is C=C[C@@H]1C[C@]1(NC(=O)[C@@H]1CC(=O)CN1C(=O)[C@@H](N(C(=O)O)C(C)(C)C)C(C)(C)C)C(=O)NS(=O)(=O)C1CC1. The largest absolute Gasteiger partial charge is 0.465 e. The van der Waals surface area contributed by atoms with Crippen molar-refractivity contribution in [2.75, 3.05) is 6.54 Å². The van der Waals surface area contributed by atoms with Crippen LogP contribution in [0.15, 0.2) is 12.7 Å². The van der Waals surface area contributed by atoms with E-state index in [1.165, 1.54) is 6.08 Å². The van der Waals surface area contributed by atoms with Crippen molar-refractivity contribution >= 4 is 39.6 Å². The minimum absolute atomic E-state index is 0.115. The van der Waals surface area contributed by atoms with Gasteiger partial charge in [-0.2, -0.15) is 0 Å². The van der Waals surface area contributed by atoms with Crippen molar-refractivity contribution < 1.29 is 37.5 Å². The molecule has 0 bridgehead atoms. The van der Waals surface area contributed by atoms with Crippen LogP contribution in [0.4, 0.5) is 4.79 Å². The maximum atomic E-state index is 13.9. The molecule has 13 heteroatoms. The number of Topliss-reactive ketones (excluding diaryl/α,β-unsaturated/α-hetero) is 1. The first-order valence-corrected chi connectivity index (χ1v) is 14.2. The number of carbonyl (C=O) groups excluding carboxylic acids is 4. The minimum atomic E-state index is -3.87. The van der Waals surface area contributed by atoms with Crippen LogP contribution in [0.3, 0.4) is 0 Å². The van der Waals surface area contributed by atoms with Crippen molar-refractivity contribution in [2.24, 2.45) is 11.3 Å². The average molecular weight is 555 g/mol. The number of rotatable bonds is 8. The van der Waals surface area contributed by atoms with E-state index in [0.717, 1.165) is 9.80 Å². The van der Waals surface area contributed by atoms with E-state index in [1.807, 2.05) is 0 Å². The second kappa shape index (κ2) is 9.65. The Morgan fingerprint density at radius 2 is 1.74 bits per heavy atom. The molecular weight excluding hydrogens is 516 g/mol. The van der Waals surface area contributed by atoms with Gasteiger partial charge in [0.1, 0.15) is 17.6 Å². The van der Waals surface area contributed by atoms with Gasteiger partial charge in [0.2, 0.25) is 21.8 Å². The lowest BCUT2D eigenvalue weighted by Crippen LogP contribution is -2.64. The quantitative estimate of drug-likeness (QED) is 0.373. The smallest absolute Gasteiger partial charge is 0.408 e. The summed E-state index contributed by atoms with van der Waals surface area (Å²) >= 11 is 0. The molecule has 0 aromatic carbocycles. The number of amides is 4. The number of nitrogens with one attached hydrogen (secondary N) is 2. The van der Waals surface area contributed by atoms with Crippen molar-refractivity contribution in [3.63, 3.8) is 0 Å². The van der Waals surface area contributed by atoms with Gasteiger partial charge >= 0.3 is 6.09 Å². The summed E-state index contributed by atoms with van der Waals surface area (Å²) in [6.07, 6.45) is 0.820. The molecule has 0 aromatic heterocycles. The molecular formula is C25H38N4O8S. The maximum absolute atomic E-state index is 13.9. The maximum Gasteiger partial charge on any atom is 0.408 e. The van der Waals surface area contributed by atoms with Gasteiger partial charge in [0.15, 0.2) is 5.78 Å². The molecule has 3 fully saturated rings. The fraction of sp³-hybridized carbons (Fsp3) is 0.720. The van der Waals surface area contributed by atoms with E-state index >= 15 is 0 Å². The molecule has 3 rings (SSSR count). The first-order chi connectivity index (χ1) is 17.3. The highest BCUT2D eigenvalue weighted by Crippen LogP contribution is 2.45. The number of likely N-dealkylation sites (tertiary alicyclic amines) is 1. The first-order valence-electron chi connectivity index (χ1n) is 12.6. The number of hydrogen-bond donors (Lipinski definition) is 3. The second-order valence-corrected chi connectivity index (χ2v) is 14.5. The van der Waals surface area contributed by atoms with E-state index in [9.17, 15) is 37.5 Å². The van der Waals surface area contributed by atoms with Crippen molar-refractivity contribution in [1.82, 2.24) is 19.8 Å². The van der Waals surface area contributed by atoms with Crippen LogP contribution < -0.4 is 10.0 Å².